The fourth-order valence-electron chi connectivity index (χ4n) is 3.77. The molecule has 1 aromatic rings. The number of hydrogen-bond donors (Lipinski definition) is 2. The Kier molecular flexibility index (Phi) is 3.68. The van der Waals surface area contributed by atoms with Gasteiger partial charge in [0.25, 0.3) is 0 Å². The Labute approximate surface area is 117 Å². The highest BCUT2D eigenvalue weighted by Gasteiger charge is 2.53. The second-order valence-corrected chi connectivity index (χ2v) is 6.59. The Morgan fingerprint density at radius 1 is 1.33 bits per heavy atom. The van der Waals surface area contributed by atoms with E-state index in [1.807, 2.05) is 12.4 Å². The third-order valence-corrected chi connectivity index (χ3v) is 5.05. The number of nitrogens with zero attached hydrogens (tertiary/aromatic N) is 1. The summed E-state index contributed by atoms with van der Waals surface area (Å²) in [4.78, 5) is 4.23. The first-order valence-corrected chi connectivity index (χ1v) is 7.64. The molecule has 0 spiro atoms. The molecule has 3 unspecified atom stereocenters. The minimum absolute atomic E-state index is 0.411. The van der Waals surface area contributed by atoms with Crippen molar-refractivity contribution in [3.63, 3.8) is 0 Å². The van der Waals surface area contributed by atoms with Crippen LogP contribution in [0.2, 0.25) is 0 Å². The molecule has 1 heterocycles. The summed E-state index contributed by atoms with van der Waals surface area (Å²) < 4.78 is 1.05. The summed E-state index contributed by atoms with van der Waals surface area (Å²) in [5.41, 5.74) is 4.31. The van der Waals surface area contributed by atoms with Gasteiger partial charge >= 0.3 is 0 Å². The first-order valence-electron chi connectivity index (χ1n) is 6.85. The van der Waals surface area contributed by atoms with Crippen LogP contribution in [0.5, 0.6) is 0 Å². The number of aromatic nitrogens is 1. The van der Waals surface area contributed by atoms with E-state index >= 15 is 0 Å². The number of pyridine rings is 1. The van der Waals surface area contributed by atoms with Crippen molar-refractivity contribution in [1.29, 1.82) is 0 Å². The molecule has 2 fully saturated rings. The molecule has 0 radical (unpaired) electrons. The van der Waals surface area contributed by atoms with Gasteiger partial charge < -0.3 is 0 Å². The molecule has 3 atom stereocenters. The van der Waals surface area contributed by atoms with Gasteiger partial charge in [-0.25, -0.2) is 0 Å². The maximum Gasteiger partial charge on any atom is 0.0410 e. The Hall–Kier alpha value is -0.450. The summed E-state index contributed by atoms with van der Waals surface area (Å²) in [5, 5.41) is 0. The van der Waals surface area contributed by atoms with Crippen LogP contribution in [0.25, 0.3) is 0 Å². The first kappa shape index (κ1) is 12.6. The third kappa shape index (κ3) is 2.46. The lowest BCUT2D eigenvalue weighted by Gasteiger charge is -2.16. The molecular weight excluding hydrogens is 290 g/mol. The van der Waals surface area contributed by atoms with Crippen LogP contribution in [-0.2, 0) is 6.42 Å². The average molecular weight is 310 g/mol. The third-order valence-electron chi connectivity index (χ3n) is 4.62. The highest BCUT2D eigenvalue weighted by molar-refractivity contribution is 9.10. The highest BCUT2D eigenvalue weighted by Crippen LogP contribution is 2.57. The molecule has 4 heteroatoms. The van der Waals surface area contributed by atoms with Crippen molar-refractivity contribution in [2.45, 2.75) is 38.1 Å². The van der Waals surface area contributed by atoms with Crippen molar-refractivity contribution in [2.75, 3.05) is 0 Å². The molecule has 2 aliphatic rings. The van der Waals surface area contributed by atoms with E-state index in [9.17, 15) is 0 Å². The molecule has 0 bridgehead atoms. The summed E-state index contributed by atoms with van der Waals surface area (Å²) in [6.07, 6.45) is 10.4. The molecule has 2 aliphatic carbocycles. The molecule has 3 nitrogen and oxygen atoms in total. The van der Waals surface area contributed by atoms with Gasteiger partial charge in [-0.3, -0.25) is 16.3 Å². The van der Waals surface area contributed by atoms with E-state index in [-0.39, 0.29) is 0 Å². The Bertz CT molecular complexity index is 411. The number of hydrazine groups is 1. The molecule has 0 saturated heterocycles. The van der Waals surface area contributed by atoms with Crippen LogP contribution in [0.15, 0.2) is 22.9 Å². The zero-order chi connectivity index (χ0) is 12.5. The maximum atomic E-state index is 5.77. The molecule has 2 saturated carbocycles. The number of halogens is 1. The van der Waals surface area contributed by atoms with Crippen LogP contribution in [0.4, 0.5) is 0 Å². The van der Waals surface area contributed by atoms with Crippen LogP contribution in [0.3, 0.4) is 0 Å². The van der Waals surface area contributed by atoms with Gasteiger partial charge in [-0.05, 0) is 64.6 Å². The highest BCUT2D eigenvalue weighted by atomic mass is 79.9. The predicted molar refractivity (Wildman–Crippen MR) is 75.7 cm³/mol. The molecule has 3 N–H and O–H groups in total. The fraction of sp³-hybridized carbons (Fsp3) is 0.643. The zero-order valence-electron chi connectivity index (χ0n) is 10.5. The maximum absolute atomic E-state index is 5.77. The van der Waals surface area contributed by atoms with Crippen molar-refractivity contribution < 1.29 is 0 Å². The van der Waals surface area contributed by atoms with Crippen molar-refractivity contribution in [2.24, 2.45) is 23.6 Å². The van der Waals surface area contributed by atoms with Gasteiger partial charge in [-0.2, -0.15) is 0 Å². The van der Waals surface area contributed by atoms with E-state index in [1.54, 1.807) is 0 Å². The smallest absolute Gasteiger partial charge is 0.0410 e. The molecule has 0 aromatic carbocycles. The number of rotatable bonds is 4. The van der Waals surface area contributed by atoms with Crippen molar-refractivity contribution in [1.82, 2.24) is 10.4 Å². The summed E-state index contributed by atoms with van der Waals surface area (Å²) in [7, 11) is 0. The van der Waals surface area contributed by atoms with Crippen molar-refractivity contribution >= 4 is 15.9 Å². The Balaban J connectivity index is 1.66. The standard InChI is InChI=1S/C14H20BrN3/c15-10-5-9(7-17-8-10)6-13(18-16)14-11-3-1-2-4-12(11)14/h5,7-8,11-14,18H,1-4,6,16H2. The monoisotopic (exact) mass is 309 g/mol. The van der Waals surface area contributed by atoms with Gasteiger partial charge in [0, 0.05) is 22.9 Å². The lowest BCUT2D eigenvalue weighted by atomic mass is 10.0. The summed E-state index contributed by atoms with van der Waals surface area (Å²) >= 11 is 3.47. The van der Waals surface area contributed by atoms with Crippen molar-refractivity contribution in [3.05, 3.63) is 28.5 Å². The Morgan fingerprint density at radius 2 is 2.06 bits per heavy atom. The van der Waals surface area contributed by atoms with Gasteiger partial charge in [0.05, 0.1) is 0 Å². The molecule has 18 heavy (non-hydrogen) atoms. The first-order chi connectivity index (χ1) is 8.79. The van der Waals surface area contributed by atoms with Gasteiger partial charge in [-0.1, -0.05) is 12.8 Å². The van der Waals surface area contributed by atoms with Crippen LogP contribution in [-0.4, -0.2) is 11.0 Å². The minimum atomic E-state index is 0.411. The fourth-order valence-corrected chi connectivity index (χ4v) is 4.18. The summed E-state index contributed by atoms with van der Waals surface area (Å²) in [6, 6.07) is 2.55. The van der Waals surface area contributed by atoms with Gasteiger partial charge in [-0.15, -0.1) is 0 Å². The molecule has 1 aromatic heterocycles. The van der Waals surface area contributed by atoms with E-state index in [1.165, 1.54) is 31.2 Å². The van der Waals surface area contributed by atoms with E-state index < -0.39 is 0 Å². The second kappa shape index (κ2) is 5.27. The van der Waals surface area contributed by atoms with Crippen LogP contribution < -0.4 is 11.3 Å². The predicted octanol–water partition coefficient (Wildman–Crippen LogP) is 2.65. The van der Waals surface area contributed by atoms with E-state index in [0.717, 1.165) is 28.6 Å². The molecule has 0 aliphatic heterocycles. The number of fused-ring (bicyclic) bond motifs is 1. The average Bonchev–Trinajstić information content (AvgIpc) is 3.10. The molecule has 0 amide bonds. The topological polar surface area (TPSA) is 50.9 Å². The molecule has 3 rings (SSSR count). The van der Waals surface area contributed by atoms with E-state index in [2.05, 4.69) is 32.4 Å². The quantitative estimate of drug-likeness (QED) is 0.664. The summed E-state index contributed by atoms with van der Waals surface area (Å²) in [5.74, 6) is 8.42. The lowest BCUT2D eigenvalue weighted by Crippen LogP contribution is -2.39. The number of hydrogen-bond acceptors (Lipinski definition) is 3. The van der Waals surface area contributed by atoms with Crippen molar-refractivity contribution in [3.8, 4) is 0 Å². The van der Waals surface area contributed by atoms with Crippen LogP contribution >= 0.6 is 15.9 Å². The van der Waals surface area contributed by atoms with E-state index in [4.69, 9.17) is 5.84 Å². The lowest BCUT2D eigenvalue weighted by molar-refractivity contribution is 0.436. The normalized spacial score (nSPS) is 31.8. The van der Waals surface area contributed by atoms with Crippen LogP contribution in [0, 0.1) is 17.8 Å². The van der Waals surface area contributed by atoms with Gasteiger partial charge in [0.1, 0.15) is 0 Å². The molecular formula is C14H20BrN3. The number of nitrogens with one attached hydrogen (secondary N) is 1. The van der Waals surface area contributed by atoms with Gasteiger partial charge in [0.2, 0.25) is 0 Å². The Morgan fingerprint density at radius 3 is 2.67 bits per heavy atom. The second-order valence-electron chi connectivity index (χ2n) is 5.68. The largest absolute Gasteiger partial charge is 0.271 e. The van der Waals surface area contributed by atoms with Gasteiger partial charge in [0.15, 0.2) is 0 Å². The van der Waals surface area contributed by atoms with E-state index in [0.29, 0.717) is 6.04 Å². The SMILES string of the molecule is NNC(Cc1cncc(Br)c1)C1C2CCCCC21. The minimum Gasteiger partial charge on any atom is -0.271 e. The summed E-state index contributed by atoms with van der Waals surface area (Å²) in [6.45, 7) is 0. The zero-order valence-corrected chi connectivity index (χ0v) is 12.1. The number of nitrogens with two attached hydrogens (primary N) is 1. The molecule has 98 valence electrons. The van der Waals surface area contributed by atoms with Crippen LogP contribution in [0.1, 0.15) is 31.2 Å².